The van der Waals surface area contributed by atoms with Crippen molar-refractivity contribution in [3.63, 3.8) is 0 Å². The number of hydrogen-bond acceptors (Lipinski definition) is 5. The van der Waals surface area contributed by atoms with E-state index in [9.17, 15) is 22.0 Å². The molecule has 2 unspecified atom stereocenters. The van der Waals surface area contributed by atoms with E-state index in [1.807, 2.05) is 20.0 Å². The lowest BCUT2D eigenvalue weighted by atomic mass is 10.2. The summed E-state index contributed by atoms with van der Waals surface area (Å²) in [5, 5.41) is -4.53. The van der Waals surface area contributed by atoms with Gasteiger partial charge in [-0.25, -0.2) is 0 Å². The number of hydrogen-bond donors (Lipinski definition) is 1. The van der Waals surface area contributed by atoms with Crippen LogP contribution >= 0.6 is 0 Å². The van der Waals surface area contributed by atoms with Crippen LogP contribution in [-0.4, -0.2) is 45.7 Å². The fraction of sp³-hybridized carbons (Fsp3) is 0.917. The third kappa shape index (κ3) is 5.56. The van der Waals surface area contributed by atoms with E-state index in [0.29, 0.717) is 6.42 Å². The van der Waals surface area contributed by atoms with Crippen LogP contribution in [0.2, 0.25) is 18.6 Å². The van der Waals surface area contributed by atoms with E-state index >= 15 is 0 Å². The summed E-state index contributed by atoms with van der Waals surface area (Å²) in [5.41, 5.74) is 0.141. The van der Waals surface area contributed by atoms with Gasteiger partial charge in [0.15, 0.2) is 14.4 Å². The molecule has 0 aromatic rings. The van der Waals surface area contributed by atoms with E-state index in [4.69, 9.17) is 8.98 Å². The van der Waals surface area contributed by atoms with Crippen LogP contribution in [0.3, 0.4) is 0 Å². The van der Waals surface area contributed by atoms with Gasteiger partial charge in [0.05, 0.1) is 0 Å². The van der Waals surface area contributed by atoms with Crippen molar-refractivity contribution >= 4 is 24.4 Å². The number of carbonyl (C=O) groups is 1. The van der Waals surface area contributed by atoms with Crippen LogP contribution in [0.15, 0.2) is 0 Å². The van der Waals surface area contributed by atoms with Crippen LogP contribution in [0.1, 0.15) is 33.1 Å². The molecule has 0 bridgehead atoms. The van der Waals surface area contributed by atoms with Gasteiger partial charge in [0.2, 0.25) is 0 Å². The Balaban J connectivity index is 4.65. The van der Waals surface area contributed by atoms with Crippen LogP contribution in [0.25, 0.3) is 0 Å². The lowest BCUT2D eigenvalue weighted by molar-refractivity contribution is -0.159. The van der Waals surface area contributed by atoms with Gasteiger partial charge in [-0.3, -0.25) is 9.35 Å². The van der Waals surface area contributed by atoms with Gasteiger partial charge < -0.3 is 9.16 Å². The minimum Gasteiger partial charge on any atom is -0.455 e. The molecule has 0 aromatic carbocycles. The van der Waals surface area contributed by atoms with Gasteiger partial charge in [-0.05, 0) is 32.0 Å². The summed E-state index contributed by atoms with van der Waals surface area (Å²) in [6.45, 7) is 6.64. The molecule has 10 heteroatoms. The molecule has 0 saturated heterocycles. The number of ether oxygens (including phenoxy) is 1. The van der Waals surface area contributed by atoms with E-state index in [1.54, 1.807) is 7.11 Å². The summed E-state index contributed by atoms with van der Waals surface area (Å²) in [6, 6.07) is 0. The van der Waals surface area contributed by atoms with Crippen molar-refractivity contribution in [1.29, 1.82) is 0 Å². The molecule has 0 aromatic heterocycles. The number of alkyl halides is 2. The first kappa shape index (κ1) is 21.4. The summed E-state index contributed by atoms with van der Waals surface area (Å²) in [5.74, 6) is -0.935. The van der Waals surface area contributed by atoms with Gasteiger partial charge in [0.1, 0.15) is 0 Å². The molecule has 0 amide bonds. The molecule has 1 N–H and O–H groups in total. The molecular weight excluding hydrogens is 338 g/mol. The molecule has 0 spiro atoms. The SMILES string of the molecule is CCC(CCC(=O)OC(C)C(F)(F)S(=O)(=O)O)[Si](C)(C)OC. The maximum atomic E-state index is 13.3. The minimum absolute atomic E-state index is 0.121. The number of rotatable bonds is 9. The Hall–Kier alpha value is -0.583. The summed E-state index contributed by atoms with van der Waals surface area (Å²) in [7, 11) is -6.01. The monoisotopic (exact) mass is 362 g/mol. The zero-order valence-electron chi connectivity index (χ0n) is 13.4. The third-order valence-electron chi connectivity index (χ3n) is 3.82. The molecule has 0 aliphatic carbocycles. The van der Waals surface area contributed by atoms with Crippen LogP contribution in [0.5, 0.6) is 0 Å². The van der Waals surface area contributed by atoms with Gasteiger partial charge >= 0.3 is 21.3 Å². The lowest BCUT2D eigenvalue weighted by Crippen LogP contribution is -2.42. The number of carbonyl (C=O) groups excluding carboxylic acids is 1. The molecule has 0 rings (SSSR count). The van der Waals surface area contributed by atoms with E-state index in [1.165, 1.54) is 0 Å². The molecular formula is C12H24F2O6SSi. The second-order valence-electron chi connectivity index (χ2n) is 5.62. The summed E-state index contributed by atoms with van der Waals surface area (Å²) in [6.07, 6.45) is -1.20. The molecule has 2 atom stereocenters. The van der Waals surface area contributed by atoms with Crippen molar-refractivity contribution in [3.05, 3.63) is 0 Å². The predicted octanol–water partition coefficient (Wildman–Crippen LogP) is 2.81. The Kier molecular flexibility index (Phi) is 7.59. The number of halogens is 2. The summed E-state index contributed by atoms with van der Waals surface area (Å²) in [4.78, 5) is 11.6. The van der Waals surface area contributed by atoms with Crippen molar-refractivity contribution in [1.82, 2.24) is 0 Å². The molecule has 0 heterocycles. The molecule has 6 nitrogen and oxygen atoms in total. The van der Waals surface area contributed by atoms with Crippen molar-refractivity contribution in [2.24, 2.45) is 0 Å². The van der Waals surface area contributed by atoms with E-state index in [-0.39, 0.29) is 12.0 Å². The average molecular weight is 362 g/mol. The van der Waals surface area contributed by atoms with Crippen LogP contribution in [-0.2, 0) is 24.1 Å². The summed E-state index contributed by atoms with van der Waals surface area (Å²) >= 11 is 0. The average Bonchev–Trinajstić information content (AvgIpc) is 2.37. The fourth-order valence-electron chi connectivity index (χ4n) is 2.04. The standard InChI is InChI=1S/C12H24F2O6SSi/c1-6-10(22(4,5)19-3)7-8-11(15)20-9(2)12(13,14)21(16,17)18/h9-10H,6-8H2,1-5H3,(H,16,17,18). The van der Waals surface area contributed by atoms with Gasteiger partial charge in [0, 0.05) is 13.5 Å². The Bertz CT molecular complexity index is 480. The van der Waals surface area contributed by atoms with E-state index in [0.717, 1.165) is 13.3 Å². The highest BCUT2D eigenvalue weighted by Gasteiger charge is 2.51. The Morgan fingerprint density at radius 3 is 2.23 bits per heavy atom. The maximum absolute atomic E-state index is 13.3. The van der Waals surface area contributed by atoms with Crippen molar-refractivity contribution in [2.45, 2.75) is 63.1 Å². The first-order chi connectivity index (χ1) is 9.79. The highest BCUT2D eigenvalue weighted by atomic mass is 32.2. The lowest BCUT2D eigenvalue weighted by Gasteiger charge is -2.30. The molecule has 0 aliphatic rings. The topological polar surface area (TPSA) is 89.9 Å². The van der Waals surface area contributed by atoms with Crippen molar-refractivity contribution in [3.8, 4) is 0 Å². The molecule has 132 valence electrons. The molecule has 0 saturated carbocycles. The van der Waals surface area contributed by atoms with E-state index in [2.05, 4.69) is 4.74 Å². The second kappa shape index (κ2) is 7.80. The molecule has 0 aliphatic heterocycles. The second-order valence-corrected chi connectivity index (χ2v) is 11.5. The van der Waals surface area contributed by atoms with Gasteiger partial charge in [0.25, 0.3) is 0 Å². The Morgan fingerprint density at radius 2 is 1.86 bits per heavy atom. The highest BCUT2D eigenvalue weighted by Crippen LogP contribution is 2.31. The molecule has 0 fully saturated rings. The zero-order chi connectivity index (χ0) is 17.8. The Labute approximate surface area is 131 Å². The van der Waals surface area contributed by atoms with Gasteiger partial charge in [-0.1, -0.05) is 13.3 Å². The maximum Gasteiger partial charge on any atom is 0.405 e. The van der Waals surface area contributed by atoms with Crippen LogP contribution in [0, 0.1) is 0 Å². The smallest absolute Gasteiger partial charge is 0.405 e. The third-order valence-corrected chi connectivity index (χ3v) is 8.56. The first-order valence-corrected chi connectivity index (χ1v) is 11.3. The first-order valence-electron chi connectivity index (χ1n) is 6.89. The molecule has 0 radical (unpaired) electrons. The van der Waals surface area contributed by atoms with E-state index < -0.39 is 35.8 Å². The quantitative estimate of drug-likeness (QED) is 0.385. The fourth-order valence-corrected chi connectivity index (χ4v) is 4.66. The Morgan fingerprint density at radius 1 is 1.36 bits per heavy atom. The minimum atomic E-state index is -5.63. The van der Waals surface area contributed by atoms with Gasteiger partial charge in [-0.2, -0.15) is 17.2 Å². The normalized spacial score (nSPS) is 16.2. The van der Waals surface area contributed by atoms with Crippen LogP contribution < -0.4 is 0 Å². The molecule has 22 heavy (non-hydrogen) atoms. The predicted molar refractivity (Wildman–Crippen MR) is 79.8 cm³/mol. The summed E-state index contributed by atoms with van der Waals surface area (Å²) < 4.78 is 66.0. The number of esters is 1. The largest absolute Gasteiger partial charge is 0.455 e. The van der Waals surface area contributed by atoms with Crippen LogP contribution in [0.4, 0.5) is 8.78 Å². The highest BCUT2D eigenvalue weighted by molar-refractivity contribution is 7.86. The van der Waals surface area contributed by atoms with Gasteiger partial charge in [-0.15, -0.1) is 0 Å². The zero-order valence-corrected chi connectivity index (χ0v) is 15.2. The van der Waals surface area contributed by atoms with Crippen molar-refractivity contribution in [2.75, 3.05) is 7.11 Å². The van der Waals surface area contributed by atoms with Crippen molar-refractivity contribution < 1.29 is 35.7 Å².